The first-order valence-electron chi connectivity index (χ1n) is 8.39. The molecule has 0 radical (unpaired) electrons. The number of anilines is 3. The number of rotatable bonds is 6. The van der Waals surface area contributed by atoms with E-state index in [1.54, 1.807) is 24.4 Å². The molecule has 0 bridgehead atoms. The van der Waals surface area contributed by atoms with Crippen molar-refractivity contribution in [2.24, 2.45) is 0 Å². The lowest BCUT2D eigenvalue weighted by atomic mass is 10.1. The van der Waals surface area contributed by atoms with Crippen molar-refractivity contribution in [1.29, 1.82) is 0 Å². The van der Waals surface area contributed by atoms with Crippen LogP contribution >= 0.6 is 0 Å². The molecule has 0 saturated heterocycles. The first-order chi connectivity index (χ1) is 12.6. The third-order valence-corrected chi connectivity index (χ3v) is 4.03. The van der Waals surface area contributed by atoms with Gasteiger partial charge in [-0.25, -0.2) is 4.98 Å². The molecule has 0 saturated carbocycles. The Bertz CT molecular complexity index is 878. The Kier molecular flexibility index (Phi) is 5.49. The van der Waals surface area contributed by atoms with Crippen LogP contribution < -0.4 is 15.4 Å². The van der Waals surface area contributed by atoms with Crippen molar-refractivity contribution >= 4 is 23.1 Å². The molecule has 0 atom stereocenters. The third-order valence-electron chi connectivity index (χ3n) is 4.03. The number of aryl methyl sites for hydroxylation is 1. The molecule has 5 heteroatoms. The van der Waals surface area contributed by atoms with E-state index in [0.29, 0.717) is 11.6 Å². The van der Waals surface area contributed by atoms with E-state index in [1.807, 2.05) is 36.4 Å². The average Bonchev–Trinajstić information content (AvgIpc) is 2.66. The lowest BCUT2D eigenvalue weighted by Crippen LogP contribution is -2.20. The highest BCUT2D eigenvalue weighted by molar-refractivity contribution is 5.91. The Labute approximate surface area is 153 Å². The fourth-order valence-corrected chi connectivity index (χ4v) is 2.43. The number of hydrogen-bond donors (Lipinski definition) is 2. The van der Waals surface area contributed by atoms with Gasteiger partial charge < -0.3 is 15.4 Å². The van der Waals surface area contributed by atoms with Crippen LogP contribution in [0.25, 0.3) is 0 Å². The highest BCUT2D eigenvalue weighted by atomic mass is 16.5. The summed E-state index contributed by atoms with van der Waals surface area (Å²) in [4.78, 5) is 16.2. The molecule has 3 rings (SSSR count). The molecule has 0 aliphatic carbocycles. The van der Waals surface area contributed by atoms with Gasteiger partial charge in [-0.2, -0.15) is 0 Å². The topological polar surface area (TPSA) is 63.2 Å². The number of para-hydroxylation sites is 1. The summed E-state index contributed by atoms with van der Waals surface area (Å²) in [5, 5.41) is 6.06. The van der Waals surface area contributed by atoms with E-state index in [9.17, 15) is 4.79 Å². The predicted octanol–water partition coefficient (Wildman–Crippen LogP) is 4.46. The van der Waals surface area contributed by atoms with Crippen LogP contribution in [0.5, 0.6) is 5.75 Å². The highest BCUT2D eigenvalue weighted by Gasteiger charge is 2.06. The lowest BCUT2D eigenvalue weighted by Gasteiger charge is -2.12. The van der Waals surface area contributed by atoms with Crippen molar-refractivity contribution in [3.05, 3.63) is 78.0 Å². The first kappa shape index (κ1) is 17.5. The lowest BCUT2D eigenvalue weighted by molar-refractivity contribution is -0.118. The van der Waals surface area contributed by atoms with E-state index in [-0.39, 0.29) is 12.5 Å². The molecule has 2 aromatic carbocycles. The van der Waals surface area contributed by atoms with Gasteiger partial charge in [-0.15, -0.1) is 0 Å². The summed E-state index contributed by atoms with van der Waals surface area (Å²) in [5.74, 6) is 0.887. The standard InChI is InChI=1S/C21H21N3O2/c1-15-7-6-10-19(16(15)2)23-17-11-12-20(22-13-17)24-21(25)14-26-18-8-4-3-5-9-18/h3-13,23H,14H2,1-2H3,(H,22,24,25). The molecule has 0 aliphatic rings. The van der Waals surface area contributed by atoms with E-state index in [4.69, 9.17) is 4.74 Å². The summed E-state index contributed by atoms with van der Waals surface area (Å²) in [6.45, 7) is 4.09. The second-order valence-corrected chi connectivity index (χ2v) is 5.95. The van der Waals surface area contributed by atoms with Crippen LogP contribution in [0.4, 0.5) is 17.2 Å². The third kappa shape index (κ3) is 4.60. The van der Waals surface area contributed by atoms with Gasteiger partial charge in [0.1, 0.15) is 11.6 Å². The van der Waals surface area contributed by atoms with E-state index >= 15 is 0 Å². The molecule has 5 nitrogen and oxygen atoms in total. The van der Waals surface area contributed by atoms with Gasteiger partial charge in [0.25, 0.3) is 5.91 Å². The molecule has 1 heterocycles. The summed E-state index contributed by atoms with van der Waals surface area (Å²) in [5.41, 5.74) is 4.32. The van der Waals surface area contributed by atoms with Crippen molar-refractivity contribution in [3.63, 3.8) is 0 Å². The largest absolute Gasteiger partial charge is 0.484 e. The maximum absolute atomic E-state index is 12.0. The minimum atomic E-state index is -0.253. The predicted molar refractivity (Wildman–Crippen MR) is 104 cm³/mol. The Morgan fingerprint density at radius 2 is 1.81 bits per heavy atom. The number of carbonyl (C=O) groups is 1. The van der Waals surface area contributed by atoms with Crippen LogP contribution in [-0.4, -0.2) is 17.5 Å². The van der Waals surface area contributed by atoms with Gasteiger partial charge in [-0.3, -0.25) is 4.79 Å². The molecule has 0 unspecified atom stereocenters. The first-order valence-corrected chi connectivity index (χ1v) is 8.39. The van der Waals surface area contributed by atoms with Gasteiger partial charge in [0, 0.05) is 5.69 Å². The zero-order valence-electron chi connectivity index (χ0n) is 14.8. The molecule has 1 amide bonds. The molecule has 1 aromatic heterocycles. The van der Waals surface area contributed by atoms with Crippen molar-refractivity contribution in [1.82, 2.24) is 4.98 Å². The second-order valence-electron chi connectivity index (χ2n) is 5.95. The van der Waals surface area contributed by atoms with Gasteiger partial charge in [0.15, 0.2) is 6.61 Å². The van der Waals surface area contributed by atoms with Crippen LogP contribution in [0.15, 0.2) is 66.9 Å². The van der Waals surface area contributed by atoms with Crippen LogP contribution in [0.3, 0.4) is 0 Å². The molecule has 0 fully saturated rings. The van der Waals surface area contributed by atoms with Gasteiger partial charge in [-0.05, 0) is 55.3 Å². The van der Waals surface area contributed by atoms with Crippen LogP contribution in [0.2, 0.25) is 0 Å². The van der Waals surface area contributed by atoms with E-state index in [1.165, 1.54) is 11.1 Å². The zero-order chi connectivity index (χ0) is 18.4. The molecular weight excluding hydrogens is 326 g/mol. The van der Waals surface area contributed by atoms with Gasteiger partial charge >= 0.3 is 0 Å². The summed E-state index contributed by atoms with van der Waals surface area (Å²) in [7, 11) is 0. The number of nitrogens with zero attached hydrogens (tertiary/aromatic N) is 1. The Morgan fingerprint density at radius 1 is 1.00 bits per heavy atom. The number of carbonyl (C=O) groups excluding carboxylic acids is 1. The number of nitrogens with one attached hydrogen (secondary N) is 2. The smallest absolute Gasteiger partial charge is 0.263 e. The normalized spacial score (nSPS) is 10.2. The van der Waals surface area contributed by atoms with E-state index in [2.05, 4.69) is 35.5 Å². The van der Waals surface area contributed by atoms with Crippen molar-refractivity contribution in [3.8, 4) is 5.75 Å². The average molecular weight is 347 g/mol. The van der Waals surface area contributed by atoms with E-state index in [0.717, 1.165) is 11.4 Å². The van der Waals surface area contributed by atoms with Crippen molar-refractivity contribution in [2.45, 2.75) is 13.8 Å². The SMILES string of the molecule is Cc1cccc(Nc2ccc(NC(=O)COc3ccccc3)nc2)c1C. The summed E-state index contributed by atoms with van der Waals surface area (Å²) >= 11 is 0. The van der Waals surface area contributed by atoms with E-state index < -0.39 is 0 Å². The Hall–Kier alpha value is -3.34. The van der Waals surface area contributed by atoms with Crippen LogP contribution in [-0.2, 0) is 4.79 Å². The zero-order valence-corrected chi connectivity index (χ0v) is 14.8. The molecule has 0 spiro atoms. The number of aromatic nitrogens is 1. The summed E-state index contributed by atoms with van der Waals surface area (Å²) in [6.07, 6.45) is 1.69. The maximum atomic E-state index is 12.0. The summed E-state index contributed by atoms with van der Waals surface area (Å²) in [6, 6.07) is 19.0. The number of hydrogen-bond acceptors (Lipinski definition) is 4. The Morgan fingerprint density at radius 3 is 2.54 bits per heavy atom. The molecular formula is C21H21N3O2. The number of pyridine rings is 1. The number of benzene rings is 2. The molecule has 132 valence electrons. The molecule has 26 heavy (non-hydrogen) atoms. The van der Waals surface area contributed by atoms with Crippen molar-refractivity contribution in [2.75, 3.05) is 17.2 Å². The van der Waals surface area contributed by atoms with Crippen LogP contribution in [0.1, 0.15) is 11.1 Å². The van der Waals surface area contributed by atoms with Gasteiger partial charge in [0.2, 0.25) is 0 Å². The summed E-state index contributed by atoms with van der Waals surface area (Å²) < 4.78 is 5.41. The molecule has 0 aliphatic heterocycles. The van der Waals surface area contributed by atoms with Crippen molar-refractivity contribution < 1.29 is 9.53 Å². The highest BCUT2D eigenvalue weighted by Crippen LogP contribution is 2.22. The maximum Gasteiger partial charge on any atom is 0.263 e. The quantitative estimate of drug-likeness (QED) is 0.691. The fourth-order valence-electron chi connectivity index (χ4n) is 2.43. The number of ether oxygens (including phenoxy) is 1. The van der Waals surface area contributed by atoms with Crippen LogP contribution in [0, 0.1) is 13.8 Å². The monoisotopic (exact) mass is 347 g/mol. The second kappa shape index (κ2) is 8.16. The number of amides is 1. The fraction of sp³-hybridized carbons (Fsp3) is 0.143. The minimum absolute atomic E-state index is 0.0613. The Balaban J connectivity index is 1.55. The molecule has 2 N–H and O–H groups in total. The molecule has 3 aromatic rings. The van der Waals surface area contributed by atoms with Gasteiger partial charge in [0.05, 0.1) is 11.9 Å². The minimum Gasteiger partial charge on any atom is -0.484 e. The van der Waals surface area contributed by atoms with Gasteiger partial charge in [-0.1, -0.05) is 30.3 Å².